The molecule has 0 aliphatic rings. The number of ether oxygens (including phenoxy) is 1. The summed E-state index contributed by atoms with van der Waals surface area (Å²) in [6.07, 6.45) is -4.52. The Morgan fingerprint density at radius 3 is 2.40 bits per heavy atom. The van der Waals surface area contributed by atoms with E-state index in [2.05, 4.69) is 15.9 Å². The van der Waals surface area contributed by atoms with E-state index in [1.165, 1.54) is 30.3 Å². The fourth-order valence-electron chi connectivity index (χ4n) is 1.58. The minimum Gasteiger partial charge on any atom is -0.455 e. The molecule has 102 valence electrons. The van der Waals surface area contributed by atoms with Gasteiger partial charge in [0.25, 0.3) is 0 Å². The van der Waals surface area contributed by atoms with E-state index in [1.807, 2.05) is 6.07 Å². The van der Waals surface area contributed by atoms with Gasteiger partial charge in [0.05, 0.1) is 11.1 Å². The average molecular weight is 342 g/mol. The second-order valence-electron chi connectivity index (χ2n) is 3.85. The van der Waals surface area contributed by atoms with E-state index in [9.17, 15) is 13.2 Å². The SMILES string of the molecule is N#Cc1ccc(Br)cc1Oc1ccccc1C(F)(F)F. The molecule has 0 amide bonds. The molecule has 0 unspecified atom stereocenters. The van der Waals surface area contributed by atoms with E-state index in [4.69, 9.17) is 10.00 Å². The Morgan fingerprint density at radius 2 is 1.75 bits per heavy atom. The van der Waals surface area contributed by atoms with Crippen molar-refractivity contribution in [2.24, 2.45) is 0 Å². The standard InChI is InChI=1S/C14H7BrF3NO/c15-10-6-5-9(8-19)13(7-10)20-12-4-2-1-3-11(12)14(16,17)18/h1-7H. The Bertz CT molecular complexity index is 677. The molecule has 0 spiro atoms. The Balaban J connectivity index is 2.46. The predicted molar refractivity (Wildman–Crippen MR) is 70.4 cm³/mol. The zero-order valence-corrected chi connectivity index (χ0v) is 11.5. The van der Waals surface area contributed by atoms with Crippen molar-refractivity contribution >= 4 is 15.9 Å². The number of benzene rings is 2. The Labute approximate surface area is 121 Å². The van der Waals surface area contributed by atoms with Gasteiger partial charge in [0.2, 0.25) is 0 Å². The number of rotatable bonds is 2. The molecular weight excluding hydrogens is 335 g/mol. The van der Waals surface area contributed by atoms with Crippen LogP contribution in [-0.2, 0) is 6.18 Å². The molecule has 0 heterocycles. The van der Waals surface area contributed by atoms with E-state index < -0.39 is 11.7 Å². The zero-order chi connectivity index (χ0) is 14.8. The first kappa shape index (κ1) is 14.4. The van der Waals surface area contributed by atoms with Gasteiger partial charge in [0.1, 0.15) is 17.6 Å². The van der Waals surface area contributed by atoms with E-state index >= 15 is 0 Å². The minimum atomic E-state index is -4.52. The lowest BCUT2D eigenvalue weighted by atomic mass is 10.2. The lowest BCUT2D eigenvalue weighted by Crippen LogP contribution is -2.07. The van der Waals surface area contributed by atoms with Crippen molar-refractivity contribution in [3.05, 3.63) is 58.1 Å². The van der Waals surface area contributed by atoms with Gasteiger partial charge in [0.15, 0.2) is 0 Å². The summed E-state index contributed by atoms with van der Waals surface area (Å²) in [5, 5.41) is 8.95. The summed E-state index contributed by atoms with van der Waals surface area (Å²) in [6.45, 7) is 0. The molecule has 0 radical (unpaired) electrons. The van der Waals surface area contributed by atoms with Crippen molar-refractivity contribution in [1.29, 1.82) is 5.26 Å². The number of alkyl halides is 3. The van der Waals surface area contributed by atoms with E-state index in [0.717, 1.165) is 6.07 Å². The van der Waals surface area contributed by atoms with Crippen molar-refractivity contribution < 1.29 is 17.9 Å². The molecule has 0 aromatic heterocycles. The topological polar surface area (TPSA) is 33.0 Å². The molecule has 0 bridgehead atoms. The first-order chi connectivity index (χ1) is 9.41. The quantitative estimate of drug-likeness (QED) is 0.758. The average Bonchev–Trinajstić information content (AvgIpc) is 2.38. The van der Waals surface area contributed by atoms with Crippen LogP contribution in [0, 0.1) is 11.3 Å². The second kappa shape index (κ2) is 5.55. The normalized spacial score (nSPS) is 10.9. The first-order valence-electron chi connectivity index (χ1n) is 5.45. The molecule has 0 aliphatic carbocycles. The Kier molecular flexibility index (Phi) is 4.00. The highest BCUT2D eigenvalue weighted by Gasteiger charge is 2.34. The maximum Gasteiger partial charge on any atom is 0.419 e. The van der Waals surface area contributed by atoms with Gasteiger partial charge in [0, 0.05) is 4.47 Å². The van der Waals surface area contributed by atoms with E-state index in [0.29, 0.717) is 4.47 Å². The molecule has 2 nitrogen and oxygen atoms in total. The Morgan fingerprint density at radius 1 is 1.05 bits per heavy atom. The van der Waals surface area contributed by atoms with Crippen molar-refractivity contribution in [2.45, 2.75) is 6.18 Å². The lowest BCUT2D eigenvalue weighted by Gasteiger charge is -2.14. The number of para-hydroxylation sites is 1. The zero-order valence-electron chi connectivity index (χ0n) is 9.91. The van der Waals surface area contributed by atoms with Crippen molar-refractivity contribution in [2.75, 3.05) is 0 Å². The fourth-order valence-corrected chi connectivity index (χ4v) is 1.92. The largest absolute Gasteiger partial charge is 0.455 e. The van der Waals surface area contributed by atoms with Gasteiger partial charge in [-0.1, -0.05) is 28.1 Å². The van der Waals surface area contributed by atoms with Gasteiger partial charge in [-0.05, 0) is 30.3 Å². The molecule has 2 rings (SSSR count). The maximum atomic E-state index is 12.9. The molecule has 0 atom stereocenters. The third-order valence-electron chi connectivity index (χ3n) is 2.48. The van der Waals surface area contributed by atoms with Gasteiger partial charge in [-0.3, -0.25) is 0 Å². The first-order valence-corrected chi connectivity index (χ1v) is 6.25. The van der Waals surface area contributed by atoms with Crippen molar-refractivity contribution in [3.8, 4) is 17.6 Å². The summed E-state index contributed by atoms with van der Waals surface area (Å²) in [5.74, 6) is -0.270. The summed E-state index contributed by atoms with van der Waals surface area (Å²) < 4.78 is 44.4. The predicted octanol–water partition coefficient (Wildman–Crippen LogP) is 5.13. The maximum absolute atomic E-state index is 12.9. The molecule has 20 heavy (non-hydrogen) atoms. The monoisotopic (exact) mass is 341 g/mol. The van der Waals surface area contributed by atoms with Crippen LogP contribution < -0.4 is 4.74 Å². The summed E-state index contributed by atoms with van der Waals surface area (Å²) in [6, 6.07) is 11.3. The van der Waals surface area contributed by atoms with Crippen LogP contribution >= 0.6 is 15.9 Å². The van der Waals surface area contributed by atoms with E-state index in [1.54, 1.807) is 6.07 Å². The van der Waals surface area contributed by atoms with Crippen LogP contribution in [0.3, 0.4) is 0 Å². The molecule has 0 N–H and O–H groups in total. The van der Waals surface area contributed by atoms with Gasteiger partial charge in [-0.25, -0.2) is 0 Å². The third-order valence-corrected chi connectivity index (χ3v) is 2.97. The van der Waals surface area contributed by atoms with Crippen LogP contribution in [0.25, 0.3) is 0 Å². The summed E-state index contributed by atoms with van der Waals surface area (Å²) >= 11 is 3.19. The number of hydrogen-bond donors (Lipinski definition) is 0. The van der Waals surface area contributed by atoms with E-state index in [-0.39, 0.29) is 17.1 Å². The number of hydrogen-bond acceptors (Lipinski definition) is 2. The third kappa shape index (κ3) is 3.11. The van der Waals surface area contributed by atoms with Gasteiger partial charge in [-0.2, -0.15) is 18.4 Å². The summed E-state index contributed by atoms with van der Waals surface area (Å²) in [7, 11) is 0. The highest BCUT2D eigenvalue weighted by molar-refractivity contribution is 9.10. The second-order valence-corrected chi connectivity index (χ2v) is 4.76. The van der Waals surface area contributed by atoms with Gasteiger partial charge in [-0.15, -0.1) is 0 Å². The number of halogens is 4. The van der Waals surface area contributed by atoms with Crippen LogP contribution in [-0.4, -0.2) is 0 Å². The Hall–Kier alpha value is -2.00. The van der Waals surface area contributed by atoms with Crippen LogP contribution in [0.2, 0.25) is 0 Å². The molecule has 0 saturated heterocycles. The number of nitrogens with zero attached hydrogens (tertiary/aromatic N) is 1. The van der Waals surface area contributed by atoms with Gasteiger partial charge >= 0.3 is 6.18 Å². The molecule has 6 heteroatoms. The summed E-state index contributed by atoms with van der Waals surface area (Å²) in [5.41, 5.74) is -0.728. The number of nitriles is 1. The van der Waals surface area contributed by atoms with Crippen molar-refractivity contribution in [1.82, 2.24) is 0 Å². The molecular formula is C14H7BrF3NO. The molecule has 0 aliphatic heterocycles. The highest BCUT2D eigenvalue weighted by atomic mass is 79.9. The molecule has 2 aromatic carbocycles. The van der Waals surface area contributed by atoms with Crippen LogP contribution in [0.5, 0.6) is 11.5 Å². The van der Waals surface area contributed by atoms with Crippen LogP contribution in [0.1, 0.15) is 11.1 Å². The molecule has 0 saturated carbocycles. The molecule has 0 fully saturated rings. The fraction of sp³-hybridized carbons (Fsp3) is 0.0714. The van der Waals surface area contributed by atoms with Crippen molar-refractivity contribution in [3.63, 3.8) is 0 Å². The van der Waals surface area contributed by atoms with Crippen LogP contribution in [0.15, 0.2) is 46.9 Å². The molecule has 2 aromatic rings. The highest BCUT2D eigenvalue weighted by Crippen LogP contribution is 2.38. The van der Waals surface area contributed by atoms with Crippen LogP contribution in [0.4, 0.5) is 13.2 Å². The smallest absolute Gasteiger partial charge is 0.419 e. The lowest BCUT2D eigenvalue weighted by molar-refractivity contribution is -0.138. The summed E-state index contributed by atoms with van der Waals surface area (Å²) in [4.78, 5) is 0. The van der Waals surface area contributed by atoms with Gasteiger partial charge < -0.3 is 4.74 Å². The minimum absolute atomic E-state index is 0.0681.